The summed E-state index contributed by atoms with van der Waals surface area (Å²) in [5, 5.41) is 4.31. The van der Waals surface area contributed by atoms with E-state index in [1.54, 1.807) is 12.1 Å². The van der Waals surface area contributed by atoms with Crippen LogP contribution in [0.1, 0.15) is 27.9 Å². The summed E-state index contributed by atoms with van der Waals surface area (Å²) < 4.78 is 48.2. The van der Waals surface area contributed by atoms with E-state index >= 15 is 0 Å². The Morgan fingerprint density at radius 3 is 2.62 bits per heavy atom. The molecule has 0 fully saturated rings. The Morgan fingerprint density at radius 2 is 1.93 bits per heavy atom. The summed E-state index contributed by atoms with van der Waals surface area (Å²) in [6.45, 7) is 1.86. The monoisotopic (exact) mass is 588 g/mol. The predicted octanol–water partition coefficient (Wildman–Crippen LogP) is 7.20. The van der Waals surface area contributed by atoms with Crippen LogP contribution in [-0.2, 0) is 25.7 Å². The zero-order chi connectivity index (χ0) is 28.4. The van der Waals surface area contributed by atoms with Gasteiger partial charge in [-0.25, -0.2) is 9.78 Å². The minimum absolute atomic E-state index is 0.138. The molecular formula is C29H25Cl2F3N4O2. The van der Waals surface area contributed by atoms with E-state index in [9.17, 15) is 18.0 Å². The first-order valence-electron chi connectivity index (χ1n) is 12.5. The van der Waals surface area contributed by atoms with E-state index in [0.717, 1.165) is 22.8 Å². The van der Waals surface area contributed by atoms with E-state index in [1.807, 2.05) is 36.4 Å². The molecule has 0 spiro atoms. The van der Waals surface area contributed by atoms with Crippen LogP contribution in [0.4, 0.5) is 18.0 Å². The second-order valence-corrected chi connectivity index (χ2v) is 10.2. The van der Waals surface area contributed by atoms with Gasteiger partial charge < -0.3 is 10.1 Å². The lowest BCUT2D eigenvalue weighted by atomic mass is 10.0. The van der Waals surface area contributed by atoms with Gasteiger partial charge in [-0.2, -0.15) is 13.2 Å². The van der Waals surface area contributed by atoms with Crippen molar-refractivity contribution in [2.24, 2.45) is 0 Å². The number of carbonyl (C=O) groups excluding carboxylic acids is 1. The van der Waals surface area contributed by atoms with Crippen LogP contribution < -0.4 is 10.1 Å². The van der Waals surface area contributed by atoms with Crippen LogP contribution in [0.15, 0.2) is 60.8 Å². The summed E-state index contributed by atoms with van der Waals surface area (Å²) in [7, 11) is 1.21. The van der Waals surface area contributed by atoms with Crippen molar-refractivity contribution in [1.29, 1.82) is 0 Å². The molecule has 0 atom stereocenters. The highest BCUT2D eigenvalue weighted by molar-refractivity contribution is 6.30. The Morgan fingerprint density at radius 1 is 1.15 bits per heavy atom. The standard InChI is InChI=1S/C29H25Cl2F3N4O2/c1-40-26-14-21-22-17-37(11-2-3-18-4-6-20(30)7-5-18)12-9-24(22)38(25(21)15-23(26)29(32,33)34)28(39)36-16-19-8-10-35-27(31)13-19/h2-8,10,13-15H,9,11-12,16-17H2,1H3,(H,36,39). The molecule has 1 N–H and O–H groups in total. The molecule has 6 nitrogen and oxygen atoms in total. The van der Waals surface area contributed by atoms with Crippen molar-refractivity contribution in [3.63, 3.8) is 0 Å². The smallest absolute Gasteiger partial charge is 0.420 e. The lowest BCUT2D eigenvalue weighted by Crippen LogP contribution is -2.34. The highest BCUT2D eigenvalue weighted by Gasteiger charge is 2.37. The summed E-state index contributed by atoms with van der Waals surface area (Å²) in [4.78, 5) is 19.6. The fourth-order valence-corrected chi connectivity index (χ4v) is 5.26. The number of fused-ring (bicyclic) bond motifs is 3. The minimum Gasteiger partial charge on any atom is -0.496 e. The van der Waals surface area contributed by atoms with Crippen molar-refractivity contribution in [2.45, 2.75) is 25.7 Å². The Labute approximate surface area is 239 Å². The number of alkyl halides is 3. The van der Waals surface area contributed by atoms with Gasteiger partial charge in [0.1, 0.15) is 10.9 Å². The second kappa shape index (κ2) is 11.5. The molecule has 0 saturated carbocycles. The molecule has 1 amide bonds. The van der Waals surface area contributed by atoms with Crippen LogP contribution in [0.5, 0.6) is 5.75 Å². The summed E-state index contributed by atoms with van der Waals surface area (Å²) >= 11 is 11.9. The van der Waals surface area contributed by atoms with Crippen LogP contribution in [0, 0.1) is 0 Å². The van der Waals surface area contributed by atoms with Gasteiger partial charge in [-0.15, -0.1) is 0 Å². The fraction of sp³-hybridized carbons (Fsp3) is 0.241. The van der Waals surface area contributed by atoms with Crippen LogP contribution in [0.3, 0.4) is 0 Å². The predicted molar refractivity (Wildman–Crippen MR) is 150 cm³/mol. The number of methoxy groups -OCH3 is 1. The third kappa shape index (κ3) is 5.96. The number of benzene rings is 2. The van der Waals surface area contributed by atoms with Gasteiger partial charge in [0.05, 0.1) is 18.2 Å². The number of carbonyl (C=O) groups is 1. The number of nitrogens with one attached hydrogen (secondary N) is 1. The molecule has 0 aliphatic carbocycles. The molecule has 5 rings (SSSR count). The fourth-order valence-electron chi connectivity index (χ4n) is 4.94. The largest absolute Gasteiger partial charge is 0.496 e. The molecule has 2 aromatic carbocycles. The SMILES string of the molecule is COc1cc2c3c(n(C(=O)NCc4ccnc(Cl)c4)c2cc1C(F)(F)F)CCN(CC=Cc1ccc(Cl)cc1)C3. The van der Waals surface area contributed by atoms with Crippen molar-refractivity contribution in [1.82, 2.24) is 19.8 Å². The summed E-state index contributed by atoms with van der Waals surface area (Å²) in [5.41, 5.74) is 2.46. The van der Waals surface area contributed by atoms with Crippen LogP contribution in [0.2, 0.25) is 10.2 Å². The molecular weight excluding hydrogens is 564 g/mol. The number of halogens is 5. The third-order valence-electron chi connectivity index (χ3n) is 6.84. The second-order valence-electron chi connectivity index (χ2n) is 9.41. The van der Waals surface area contributed by atoms with E-state index in [4.69, 9.17) is 27.9 Å². The van der Waals surface area contributed by atoms with Crippen LogP contribution in [-0.4, -0.2) is 40.7 Å². The maximum Gasteiger partial charge on any atom is 0.420 e. The van der Waals surface area contributed by atoms with Gasteiger partial charge in [0.15, 0.2) is 0 Å². The molecule has 11 heteroatoms. The van der Waals surface area contributed by atoms with Crippen LogP contribution >= 0.6 is 23.2 Å². The molecule has 1 aliphatic heterocycles. The van der Waals surface area contributed by atoms with E-state index < -0.39 is 17.8 Å². The van der Waals surface area contributed by atoms with E-state index in [-0.39, 0.29) is 23.0 Å². The first-order chi connectivity index (χ1) is 19.1. The maximum atomic E-state index is 13.9. The van der Waals surface area contributed by atoms with Gasteiger partial charge in [-0.1, -0.05) is 47.5 Å². The number of ether oxygens (including phenoxy) is 1. The van der Waals surface area contributed by atoms with E-state index in [1.165, 1.54) is 23.9 Å². The number of hydrogen-bond donors (Lipinski definition) is 1. The Hall–Kier alpha value is -3.53. The number of nitrogens with zero attached hydrogens (tertiary/aromatic N) is 3. The van der Waals surface area contributed by atoms with Crippen molar-refractivity contribution in [3.05, 3.63) is 98.9 Å². The van der Waals surface area contributed by atoms with Crippen molar-refractivity contribution in [3.8, 4) is 5.75 Å². The van der Waals surface area contributed by atoms with Gasteiger partial charge in [-0.3, -0.25) is 9.47 Å². The third-order valence-corrected chi connectivity index (χ3v) is 7.29. The quantitative estimate of drug-likeness (QED) is 0.242. The first kappa shape index (κ1) is 28.0. The van der Waals surface area contributed by atoms with Crippen molar-refractivity contribution in [2.75, 3.05) is 20.2 Å². The highest BCUT2D eigenvalue weighted by Crippen LogP contribution is 2.41. The normalized spacial score (nSPS) is 14.1. The number of amides is 1. The zero-order valence-corrected chi connectivity index (χ0v) is 22.9. The van der Waals surface area contributed by atoms with Gasteiger partial charge in [0.25, 0.3) is 0 Å². The average Bonchev–Trinajstić information content (AvgIpc) is 3.24. The molecule has 0 radical (unpaired) electrons. The van der Waals surface area contributed by atoms with Gasteiger partial charge in [0.2, 0.25) is 0 Å². The van der Waals surface area contributed by atoms with Crippen LogP contribution in [0.25, 0.3) is 17.0 Å². The summed E-state index contributed by atoms with van der Waals surface area (Å²) in [6, 6.07) is 12.7. The molecule has 208 valence electrons. The lowest BCUT2D eigenvalue weighted by molar-refractivity contribution is -0.138. The summed E-state index contributed by atoms with van der Waals surface area (Å²) in [5.74, 6) is -0.286. The lowest BCUT2D eigenvalue weighted by Gasteiger charge is -2.27. The molecule has 1 aliphatic rings. The topological polar surface area (TPSA) is 59.4 Å². The molecule has 0 bridgehead atoms. The van der Waals surface area contributed by atoms with E-state index in [2.05, 4.69) is 15.2 Å². The first-order valence-corrected chi connectivity index (χ1v) is 13.2. The zero-order valence-electron chi connectivity index (χ0n) is 21.4. The number of aromatic nitrogens is 2. The molecule has 0 saturated heterocycles. The molecule has 40 heavy (non-hydrogen) atoms. The Balaban J connectivity index is 1.48. The maximum absolute atomic E-state index is 13.9. The van der Waals surface area contributed by atoms with Gasteiger partial charge in [-0.05, 0) is 53.1 Å². The van der Waals surface area contributed by atoms with Gasteiger partial charge >= 0.3 is 12.2 Å². The Bertz CT molecular complexity index is 1580. The number of rotatable bonds is 6. The van der Waals surface area contributed by atoms with Crippen molar-refractivity contribution < 1.29 is 22.7 Å². The van der Waals surface area contributed by atoms with Gasteiger partial charge in [0, 0.05) is 54.9 Å². The molecule has 3 heterocycles. The highest BCUT2D eigenvalue weighted by atomic mass is 35.5. The van der Waals surface area contributed by atoms with Crippen molar-refractivity contribution >= 4 is 46.2 Å². The Kier molecular flexibility index (Phi) is 8.07. The average molecular weight is 589 g/mol. The number of pyridine rings is 1. The number of hydrogen-bond acceptors (Lipinski definition) is 4. The van der Waals surface area contributed by atoms with E-state index in [0.29, 0.717) is 42.2 Å². The summed E-state index contributed by atoms with van der Waals surface area (Å²) in [6.07, 6.45) is 1.37. The minimum atomic E-state index is -4.65. The molecule has 0 unspecified atom stereocenters. The molecule has 2 aromatic heterocycles. The molecule has 4 aromatic rings.